The Morgan fingerprint density at radius 2 is 2.21 bits per heavy atom. The molecule has 0 fully saturated rings. The van der Waals surface area contributed by atoms with Crippen molar-refractivity contribution in [3.05, 3.63) is 41.2 Å². The van der Waals surface area contributed by atoms with Gasteiger partial charge in [0.15, 0.2) is 0 Å². The van der Waals surface area contributed by atoms with Crippen LogP contribution in [0.25, 0.3) is 0 Å². The first-order chi connectivity index (χ1) is 6.56. The third kappa shape index (κ3) is 2.19. The van der Waals surface area contributed by atoms with Crippen molar-refractivity contribution in [2.75, 3.05) is 0 Å². The number of aromatic nitrogens is 1. The van der Waals surface area contributed by atoms with E-state index >= 15 is 0 Å². The topological polar surface area (TPSA) is 50.9 Å². The second kappa shape index (κ2) is 4.35. The van der Waals surface area contributed by atoms with Gasteiger partial charge in [-0.05, 0) is 31.9 Å². The van der Waals surface area contributed by atoms with Crippen molar-refractivity contribution in [2.45, 2.75) is 26.8 Å². The van der Waals surface area contributed by atoms with Crippen LogP contribution < -0.4 is 11.3 Å². The van der Waals surface area contributed by atoms with E-state index in [0.29, 0.717) is 0 Å². The van der Waals surface area contributed by atoms with Gasteiger partial charge in [0, 0.05) is 6.20 Å². The minimum Gasteiger partial charge on any atom is -0.271 e. The Balaban J connectivity index is 3.10. The molecule has 0 aliphatic rings. The van der Waals surface area contributed by atoms with Crippen LogP contribution in [0.4, 0.5) is 0 Å². The highest BCUT2D eigenvalue weighted by Gasteiger charge is 2.13. The van der Waals surface area contributed by atoms with Crippen LogP contribution in [0.2, 0.25) is 0 Å². The van der Waals surface area contributed by atoms with Crippen molar-refractivity contribution in [1.82, 2.24) is 10.4 Å². The molecule has 0 radical (unpaired) electrons. The highest BCUT2D eigenvalue weighted by molar-refractivity contribution is 5.29. The van der Waals surface area contributed by atoms with Crippen molar-refractivity contribution in [3.8, 4) is 0 Å². The first-order valence-electron chi connectivity index (χ1n) is 4.61. The maximum Gasteiger partial charge on any atom is 0.0838 e. The fraction of sp³-hybridized carbons (Fsp3) is 0.364. The summed E-state index contributed by atoms with van der Waals surface area (Å²) in [7, 11) is 0. The van der Waals surface area contributed by atoms with Crippen LogP contribution >= 0.6 is 0 Å². The fourth-order valence-electron chi connectivity index (χ4n) is 1.48. The predicted molar refractivity (Wildman–Crippen MR) is 58.6 cm³/mol. The van der Waals surface area contributed by atoms with Gasteiger partial charge in [-0.15, -0.1) is 0 Å². The second-order valence-corrected chi connectivity index (χ2v) is 3.66. The van der Waals surface area contributed by atoms with Crippen LogP contribution in [-0.4, -0.2) is 4.98 Å². The number of rotatable bonds is 3. The van der Waals surface area contributed by atoms with E-state index in [0.717, 1.165) is 22.4 Å². The zero-order valence-corrected chi connectivity index (χ0v) is 8.96. The van der Waals surface area contributed by atoms with Crippen molar-refractivity contribution in [2.24, 2.45) is 5.84 Å². The molecule has 3 nitrogen and oxygen atoms in total. The van der Waals surface area contributed by atoms with Crippen LogP contribution in [-0.2, 0) is 0 Å². The average molecular weight is 191 g/mol. The van der Waals surface area contributed by atoms with Gasteiger partial charge in [0.25, 0.3) is 0 Å². The van der Waals surface area contributed by atoms with E-state index in [1.807, 2.05) is 27.0 Å². The lowest BCUT2D eigenvalue weighted by atomic mass is 10.0. The molecule has 0 spiro atoms. The molecule has 1 unspecified atom stereocenters. The van der Waals surface area contributed by atoms with Crippen LogP contribution in [0.5, 0.6) is 0 Å². The SMILES string of the molecule is C=C(C)C(NN)c1ncc(C)cc1C. The molecule has 1 atom stereocenters. The van der Waals surface area contributed by atoms with Crippen LogP contribution in [0.3, 0.4) is 0 Å². The highest BCUT2D eigenvalue weighted by Crippen LogP contribution is 2.20. The standard InChI is InChI=1S/C11H17N3/c1-7(2)10(14-12)11-9(4)5-8(3)6-13-11/h5-6,10,14H,1,12H2,2-4H3. The second-order valence-electron chi connectivity index (χ2n) is 3.66. The minimum absolute atomic E-state index is 0.0596. The van der Waals surface area contributed by atoms with E-state index in [9.17, 15) is 0 Å². The van der Waals surface area contributed by atoms with Crippen molar-refractivity contribution in [3.63, 3.8) is 0 Å². The number of nitrogens with zero attached hydrogens (tertiary/aromatic N) is 1. The Kier molecular flexibility index (Phi) is 3.38. The van der Waals surface area contributed by atoms with Gasteiger partial charge in [0.05, 0.1) is 11.7 Å². The Morgan fingerprint density at radius 3 is 2.64 bits per heavy atom. The minimum atomic E-state index is -0.0596. The molecule has 0 aliphatic carbocycles. The number of pyridine rings is 1. The molecule has 0 bridgehead atoms. The zero-order valence-electron chi connectivity index (χ0n) is 8.96. The Morgan fingerprint density at radius 1 is 1.57 bits per heavy atom. The van der Waals surface area contributed by atoms with Gasteiger partial charge in [-0.2, -0.15) is 0 Å². The highest BCUT2D eigenvalue weighted by atomic mass is 15.2. The summed E-state index contributed by atoms with van der Waals surface area (Å²) in [4.78, 5) is 4.37. The molecule has 1 rings (SSSR count). The zero-order chi connectivity index (χ0) is 10.7. The number of hydrogen-bond donors (Lipinski definition) is 2. The van der Waals surface area contributed by atoms with Gasteiger partial charge in [-0.3, -0.25) is 10.8 Å². The molecule has 0 aliphatic heterocycles. The third-order valence-corrected chi connectivity index (χ3v) is 2.19. The summed E-state index contributed by atoms with van der Waals surface area (Å²) < 4.78 is 0. The Bertz CT molecular complexity index is 344. The summed E-state index contributed by atoms with van der Waals surface area (Å²) in [5.74, 6) is 5.46. The van der Waals surface area contributed by atoms with Crippen LogP contribution in [0.15, 0.2) is 24.4 Å². The number of nitrogens with one attached hydrogen (secondary N) is 1. The summed E-state index contributed by atoms with van der Waals surface area (Å²) >= 11 is 0. The summed E-state index contributed by atoms with van der Waals surface area (Å²) in [5.41, 5.74) is 6.92. The summed E-state index contributed by atoms with van der Waals surface area (Å²) in [6.45, 7) is 9.87. The molecule has 1 heterocycles. The average Bonchev–Trinajstić information content (AvgIpc) is 2.09. The summed E-state index contributed by atoms with van der Waals surface area (Å²) in [6.07, 6.45) is 1.84. The van der Waals surface area contributed by atoms with E-state index in [-0.39, 0.29) is 6.04 Å². The summed E-state index contributed by atoms with van der Waals surface area (Å²) in [6, 6.07) is 2.03. The molecule has 14 heavy (non-hydrogen) atoms. The van der Waals surface area contributed by atoms with Gasteiger partial charge >= 0.3 is 0 Å². The quantitative estimate of drug-likeness (QED) is 0.435. The molecule has 3 N–H and O–H groups in total. The van der Waals surface area contributed by atoms with Crippen molar-refractivity contribution >= 4 is 0 Å². The first kappa shape index (κ1) is 10.9. The van der Waals surface area contributed by atoms with Crippen molar-refractivity contribution in [1.29, 1.82) is 0 Å². The Hall–Kier alpha value is -1.19. The van der Waals surface area contributed by atoms with E-state index in [1.54, 1.807) is 0 Å². The number of hydrogen-bond acceptors (Lipinski definition) is 3. The predicted octanol–water partition coefficient (Wildman–Crippen LogP) is 1.78. The van der Waals surface area contributed by atoms with E-state index in [4.69, 9.17) is 5.84 Å². The Labute approximate surface area is 85.0 Å². The summed E-state index contributed by atoms with van der Waals surface area (Å²) in [5, 5.41) is 0. The first-order valence-corrected chi connectivity index (χ1v) is 4.61. The lowest BCUT2D eigenvalue weighted by molar-refractivity contribution is 0.607. The number of aryl methyl sites for hydroxylation is 2. The maximum atomic E-state index is 5.46. The molecular weight excluding hydrogens is 174 g/mol. The lowest BCUT2D eigenvalue weighted by Crippen LogP contribution is -2.29. The van der Waals surface area contributed by atoms with Gasteiger partial charge < -0.3 is 0 Å². The molecule has 0 aromatic carbocycles. The molecule has 1 aromatic heterocycles. The van der Waals surface area contributed by atoms with E-state index in [2.05, 4.69) is 23.1 Å². The van der Waals surface area contributed by atoms with Gasteiger partial charge in [-0.25, -0.2) is 5.43 Å². The fourth-order valence-corrected chi connectivity index (χ4v) is 1.48. The van der Waals surface area contributed by atoms with Gasteiger partial charge in [0.1, 0.15) is 0 Å². The molecule has 3 heteroatoms. The molecule has 1 aromatic rings. The lowest BCUT2D eigenvalue weighted by Gasteiger charge is -2.17. The smallest absolute Gasteiger partial charge is 0.0838 e. The molecule has 0 saturated carbocycles. The van der Waals surface area contributed by atoms with Crippen LogP contribution in [0, 0.1) is 13.8 Å². The van der Waals surface area contributed by atoms with Gasteiger partial charge in [0.2, 0.25) is 0 Å². The normalized spacial score (nSPS) is 12.6. The van der Waals surface area contributed by atoms with Crippen LogP contribution in [0.1, 0.15) is 29.8 Å². The molecule has 0 saturated heterocycles. The number of hydrazine groups is 1. The largest absolute Gasteiger partial charge is 0.271 e. The van der Waals surface area contributed by atoms with E-state index < -0.39 is 0 Å². The van der Waals surface area contributed by atoms with Crippen molar-refractivity contribution < 1.29 is 0 Å². The monoisotopic (exact) mass is 191 g/mol. The third-order valence-electron chi connectivity index (χ3n) is 2.19. The van der Waals surface area contributed by atoms with E-state index in [1.165, 1.54) is 0 Å². The molecule has 76 valence electrons. The molecular formula is C11H17N3. The number of nitrogens with two attached hydrogens (primary N) is 1. The van der Waals surface area contributed by atoms with Gasteiger partial charge in [-0.1, -0.05) is 18.2 Å². The molecule has 0 amide bonds. The maximum absolute atomic E-state index is 5.46.